The van der Waals surface area contributed by atoms with Gasteiger partial charge in [-0.3, -0.25) is 0 Å². The molecule has 0 aromatic heterocycles. The molecule has 1 unspecified atom stereocenters. The summed E-state index contributed by atoms with van der Waals surface area (Å²) in [5.74, 6) is 0. The van der Waals surface area contributed by atoms with Crippen molar-refractivity contribution in [3.05, 3.63) is 63.6 Å². The molecular weight excluding hydrogens is 301 g/mol. The van der Waals surface area contributed by atoms with Crippen molar-refractivity contribution in [2.75, 3.05) is 5.32 Å². The Kier molecular flexibility index (Phi) is 4.85. The Balaban J connectivity index is 2.13. The zero-order chi connectivity index (χ0) is 15.6. The van der Waals surface area contributed by atoms with Crippen LogP contribution >= 0.6 is 23.2 Å². The van der Waals surface area contributed by atoms with E-state index in [4.69, 9.17) is 23.2 Å². The maximum atomic E-state index is 6.04. The summed E-state index contributed by atoms with van der Waals surface area (Å²) >= 11 is 12.0. The summed E-state index contributed by atoms with van der Waals surface area (Å²) in [5.41, 5.74) is 3.73. The van der Waals surface area contributed by atoms with Crippen LogP contribution in [0.3, 0.4) is 0 Å². The lowest BCUT2D eigenvalue weighted by atomic mass is 9.86. The molecule has 2 aromatic carbocycles. The fraction of sp³-hybridized carbons (Fsp3) is 0.333. The second-order valence-corrected chi connectivity index (χ2v) is 7.18. The zero-order valence-corrected chi connectivity index (χ0v) is 14.4. The van der Waals surface area contributed by atoms with Gasteiger partial charge in [-0.25, -0.2) is 0 Å². The van der Waals surface area contributed by atoms with E-state index in [9.17, 15) is 0 Å². The Morgan fingerprint density at radius 3 is 2.05 bits per heavy atom. The molecule has 2 rings (SSSR count). The molecule has 0 saturated heterocycles. The largest absolute Gasteiger partial charge is 0.378 e. The Morgan fingerprint density at radius 1 is 0.905 bits per heavy atom. The number of anilines is 1. The van der Waals surface area contributed by atoms with Crippen LogP contribution in [0.5, 0.6) is 0 Å². The third-order valence-electron chi connectivity index (χ3n) is 3.58. The highest BCUT2D eigenvalue weighted by atomic mass is 35.5. The van der Waals surface area contributed by atoms with Crippen molar-refractivity contribution in [1.29, 1.82) is 0 Å². The average molecular weight is 322 g/mol. The molecular formula is C18H21Cl2N. The summed E-state index contributed by atoms with van der Waals surface area (Å²) < 4.78 is 0. The van der Waals surface area contributed by atoms with Crippen molar-refractivity contribution < 1.29 is 0 Å². The number of hydrogen-bond acceptors (Lipinski definition) is 1. The van der Waals surface area contributed by atoms with Gasteiger partial charge in [-0.2, -0.15) is 0 Å². The summed E-state index contributed by atoms with van der Waals surface area (Å²) in [6, 6.07) is 14.5. The van der Waals surface area contributed by atoms with E-state index in [0.29, 0.717) is 10.0 Å². The van der Waals surface area contributed by atoms with Crippen LogP contribution in [0, 0.1) is 0 Å². The van der Waals surface area contributed by atoms with Crippen LogP contribution in [0.4, 0.5) is 5.69 Å². The first-order valence-electron chi connectivity index (χ1n) is 7.09. The molecule has 0 spiro atoms. The Labute approximate surface area is 137 Å². The number of rotatable bonds is 3. The molecule has 0 radical (unpaired) electrons. The lowest BCUT2D eigenvalue weighted by Gasteiger charge is -2.21. The van der Waals surface area contributed by atoms with Gasteiger partial charge in [0, 0.05) is 11.7 Å². The lowest BCUT2D eigenvalue weighted by molar-refractivity contribution is 0.589. The third-order valence-corrected chi connectivity index (χ3v) is 4.32. The van der Waals surface area contributed by atoms with Crippen molar-refractivity contribution in [3.63, 3.8) is 0 Å². The predicted octanol–water partition coefficient (Wildman–Crippen LogP) is 6.46. The van der Waals surface area contributed by atoms with Gasteiger partial charge in [0.05, 0.1) is 10.0 Å². The van der Waals surface area contributed by atoms with E-state index in [2.05, 4.69) is 57.3 Å². The molecule has 2 aromatic rings. The Morgan fingerprint density at radius 2 is 1.52 bits per heavy atom. The molecule has 1 atom stereocenters. The van der Waals surface area contributed by atoms with Crippen molar-refractivity contribution in [1.82, 2.24) is 0 Å². The van der Waals surface area contributed by atoms with Crippen LogP contribution in [-0.4, -0.2) is 0 Å². The van der Waals surface area contributed by atoms with Gasteiger partial charge < -0.3 is 5.32 Å². The lowest BCUT2D eigenvalue weighted by Crippen LogP contribution is -2.12. The second kappa shape index (κ2) is 6.29. The molecule has 21 heavy (non-hydrogen) atoms. The summed E-state index contributed by atoms with van der Waals surface area (Å²) in [6.07, 6.45) is 0. The molecule has 0 fully saturated rings. The van der Waals surface area contributed by atoms with Gasteiger partial charge in [0.2, 0.25) is 0 Å². The topological polar surface area (TPSA) is 12.0 Å². The van der Waals surface area contributed by atoms with E-state index < -0.39 is 0 Å². The number of halogens is 2. The van der Waals surface area contributed by atoms with Crippen LogP contribution in [0.1, 0.15) is 44.9 Å². The van der Waals surface area contributed by atoms with E-state index in [1.165, 1.54) is 11.1 Å². The van der Waals surface area contributed by atoms with E-state index in [0.717, 1.165) is 5.69 Å². The van der Waals surface area contributed by atoms with Gasteiger partial charge in [-0.15, -0.1) is 0 Å². The molecule has 3 heteroatoms. The van der Waals surface area contributed by atoms with E-state index in [-0.39, 0.29) is 11.5 Å². The normalized spacial score (nSPS) is 13.0. The molecule has 0 aliphatic rings. The first-order valence-corrected chi connectivity index (χ1v) is 7.85. The fourth-order valence-electron chi connectivity index (χ4n) is 2.19. The summed E-state index contributed by atoms with van der Waals surface area (Å²) in [6.45, 7) is 8.80. The fourth-order valence-corrected chi connectivity index (χ4v) is 2.49. The summed E-state index contributed by atoms with van der Waals surface area (Å²) in [5, 5.41) is 4.58. The van der Waals surface area contributed by atoms with E-state index in [1.54, 1.807) is 0 Å². The first kappa shape index (κ1) is 16.2. The molecule has 0 saturated carbocycles. The third kappa shape index (κ3) is 4.15. The Hall–Kier alpha value is -1.18. The molecule has 1 nitrogen and oxygen atoms in total. The maximum absolute atomic E-state index is 6.04. The van der Waals surface area contributed by atoms with Gasteiger partial charge in [0.15, 0.2) is 0 Å². The highest BCUT2D eigenvalue weighted by Crippen LogP contribution is 2.28. The molecule has 0 amide bonds. The van der Waals surface area contributed by atoms with Gasteiger partial charge in [0.1, 0.15) is 0 Å². The second-order valence-electron chi connectivity index (χ2n) is 6.37. The highest BCUT2D eigenvalue weighted by molar-refractivity contribution is 6.42. The molecule has 0 heterocycles. The molecule has 112 valence electrons. The molecule has 1 N–H and O–H groups in total. The molecule has 0 aliphatic heterocycles. The first-order chi connectivity index (χ1) is 9.77. The number of benzene rings is 2. The van der Waals surface area contributed by atoms with Gasteiger partial charge in [0.25, 0.3) is 0 Å². The van der Waals surface area contributed by atoms with Gasteiger partial charge >= 0.3 is 0 Å². The number of hydrogen-bond donors (Lipinski definition) is 1. The van der Waals surface area contributed by atoms with Crippen LogP contribution < -0.4 is 5.32 Å². The quantitative estimate of drug-likeness (QED) is 0.683. The van der Waals surface area contributed by atoms with Crippen molar-refractivity contribution >= 4 is 28.9 Å². The van der Waals surface area contributed by atoms with Crippen molar-refractivity contribution in [3.8, 4) is 0 Å². The Bertz CT molecular complexity index is 612. The summed E-state index contributed by atoms with van der Waals surface area (Å²) in [4.78, 5) is 0. The predicted molar refractivity (Wildman–Crippen MR) is 93.6 cm³/mol. The van der Waals surface area contributed by atoms with Gasteiger partial charge in [-0.1, -0.05) is 68.2 Å². The highest BCUT2D eigenvalue weighted by Gasteiger charge is 2.14. The molecule has 0 bridgehead atoms. The van der Waals surface area contributed by atoms with E-state index >= 15 is 0 Å². The number of nitrogens with one attached hydrogen (secondary N) is 1. The van der Waals surface area contributed by atoms with Crippen LogP contribution in [0.15, 0.2) is 42.5 Å². The van der Waals surface area contributed by atoms with Crippen molar-refractivity contribution in [2.24, 2.45) is 0 Å². The van der Waals surface area contributed by atoms with Crippen LogP contribution in [0.25, 0.3) is 0 Å². The van der Waals surface area contributed by atoms with Gasteiger partial charge in [-0.05, 0) is 41.7 Å². The monoisotopic (exact) mass is 321 g/mol. The van der Waals surface area contributed by atoms with Crippen LogP contribution in [0.2, 0.25) is 10.0 Å². The minimum Gasteiger partial charge on any atom is -0.378 e. The SMILES string of the molecule is CC(Nc1ccc(Cl)c(Cl)c1)c1ccc(C(C)(C)C)cc1. The maximum Gasteiger partial charge on any atom is 0.0612 e. The van der Waals surface area contributed by atoms with E-state index in [1.807, 2.05) is 18.2 Å². The molecule has 0 aliphatic carbocycles. The standard InChI is InChI=1S/C18H21Cl2N/c1-12(21-15-9-10-16(19)17(20)11-15)13-5-7-14(8-6-13)18(2,3)4/h5-12,21H,1-4H3. The average Bonchev–Trinajstić information content (AvgIpc) is 2.42. The smallest absolute Gasteiger partial charge is 0.0612 e. The summed E-state index contributed by atoms with van der Waals surface area (Å²) in [7, 11) is 0. The zero-order valence-electron chi connectivity index (χ0n) is 12.9. The minimum absolute atomic E-state index is 0.179. The minimum atomic E-state index is 0.179. The van der Waals surface area contributed by atoms with Crippen molar-refractivity contribution in [2.45, 2.75) is 39.2 Å². The van der Waals surface area contributed by atoms with Crippen LogP contribution in [-0.2, 0) is 5.41 Å².